The molecule has 1 amide bonds. The van der Waals surface area contributed by atoms with Crippen LogP contribution < -0.4 is 5.32 Å². The first-order valence-electron chi connectivity index (χ1n) is 6.96. The second-order valence-electron chi connectivity index (χ2n) is 6.06. The van der Waals surface area contributed by atoms with Gasteiger partial charge in [-0.05, 0) is 31.8 Å². The van der Waals surface area contributed by atoms with Crippen molar-refractivity contribution in [3.8, 4) is 0 Å². The number of rotatable bonds is 2. The Hall–Kier alpha value is -0.830. The molecule has 2 nitrogen and oxygen atoms in total. The van der Waals surface area contributed by atoms with Gasteiger partial charge in [-0.2, -0.15) is 0 Å². The molecule has 0 aromatic heterocycles. The third-order valence-electron chi connectivity index (χ3n) is 4.23. The fourth-order valence-electron chi connectivity index (χ4n) is 2.96. The van der Waals surface area contributed by atoms with E-state index in [1.807, 2.05) is 0 Å². The van der Waals surface area contributed by atoms with E-state index in [-0.39, 0.29) is 24.2 Å². The number of hydrogen-bond donors (Lipinski definition) is 1. The van der Waals surface area contributed by atoms with Crippen LogP contribution in [0.5, 0.6) is 0 Å². The van der Waals surface area contributed by atoms with E-state index < -0.39 is 5.41 Å². The summed E-state index contributed by atoms with van der Waals surface area (Å²) in [5.41, 5.74) is -0.868. The third-order valence-corrected chi connectivity index (χ3v) is 4.45. The summed E-state index contributed by atoms with van der Waals surface area (Å²) in [6.07, 6.45) is 7.56. The summed E-state index contributed by atoms with van der Waals surface area (Å²) < 4.78 is 13.5. The summed E-state index contributed by atoms with van der Waals surface area (Å²) in [6, 6.07) is 0.208. The van der Waals surface area contributed by atoms with E-state index >= 15 is 0 Å². The Balaban J connectivity index is 2.05. The fraction of sp³-hybridized carbons (Fsp3) is 0.667. The Labute approximate surface area is 119 Å². The third kappa shape index (κ3) is 3.38. The van der Waals surface area contributed by atoms with Crippen LogP contribution in [-0.2, 0) is 4.79 Å². The zero-order chi connectivity index (χ0) is 14.0. The van der Waals surface area contributed by atoms with Gasteiger partial charge in [0.2, 0.25) is 5.91 Å². The van der Waals surface area contributed by atoms with Crippen LogP contribution in [0.1, 0.15) is 46.0 Å². The van der Waals surface area contributed by atoms with Crippen LogP contribution in [0.15, 0.2) is 23.0 Å². The Morgan fingerprint density at radius 1 is 1.47 bits per heavy atom. The first kappa shape index (κ1) is 14.6. The quantitative estimate of drug-likeness (QED) is 0.814. The molecule has 0 aromatic carbocycles. The average molecular weight is 286 g/mol. The summed E-state index contributed by atoms with van der Waals surface area (Å²) in [5, 5.41) is 3.39. The van der Waals surface area contributed by atoms with Gasteiger partial charge in [0, 0.05) is 17.5 Å². The lowest BCUT2D eigenvalue weighted by molar-refractivity contribution is -0.129. The summed E-state index contributed by atoms with van der Waals surface area (Å²) in [5.74, 6) is 0.0409. The molecule has 0 aliphatic heterocycles. The van der Waals surface area contributed by atoms with Crippen LogP contribution in [0, 0.1) is 11.3 Å². The SMILES string of the molecule is CC1CCCCC1NC(=O)C1(C)C=C(Cl)C=C(F)C1. The van der Waals surface area contributed by atoms with E-state index in [4.69, 9.17) is 11.6 Å². The van der Waals surface area contributed by atoms with Crippen molar-refractivity contribution in [2.24, 2.45) is 11.3 Å². The van der Waals surface area contributed by atoms with Crippen LogP contribution in [0.3, 0.4) is 0 Å². The van der Waals surface area contributed by atoms with Crippen molar-refractivity contribution >= 4 is 17.5 Å². The summed E-state index contributed by atoms with van der Waals surface area (Å²) in [6.45, 7) is 3.90. The first-order chi connectivity index (χ1) is 8.90. The van der Waals surface area contributed by atoms with E-state index in [9.17, 15) is 9.18 Å². The molecule has 2 aliphatic rings. The molecular weight excluding hydrogens is 265 g/mol. The lowest BCUT2D eigenvalue weighted by Crippen LogP contribution is -2.47. The highest BCUT2D eigenvalue weighted by Crippen LogP contribution is 2.36. The highest BCUT2D eigenvalue weighted by atomic mass is 35.5. The molecule has 0 aromatic rings. The molecule has 3 atom stereocenters. The molecule has 0 bridgehead atoms. The van der Waals surface area contributed by atoms with Gasteiger partial charge in [-0.15, -0.1) is 0 Å². The van der Waals surface area contributed by atoms with Gasteiger partial charge in [0.1, 0.15) is 5.83 Å². The van der Waals surface area contributed by atoms with Gasteiger partial charge in [0.25, 0.3) is 0 Å². The maximum absolute atomic E-state index is 13.5. The first-order valence-corrected chi connectivity index (χ1v) is 7.34. The van der Waals surface area contributed by atoms with E-state index in [1.165, 1.54) is 12.5 Å². The number of carbonyl (C=O) groups excluding carboxylic acids is 1. The van der Waals surface area contributed by atoms with Crippen molar-refractivity contribution in [1.82, 2.24) is 5.32 Å². The number of allylic oxidation sites excluding steroid dienone is 3. The van der Waals surface area contributed by atoms with E-state index in [2.05, 4.69) is 12.2 Å². The predicted octanol–water partition coefficient (Wildman–Crippen LogP) is 4.07. The molecule has 19 heavy (non-hydrogen) atoms. The molecule has 0 saturated heterocycles. The fourth-order valence-corrected chi connectivity index (χ4v) is 3.32. The molecule has 4 heteroatoms. The molecule has 0 heterocycles. The van der Waals surface area contributed by atoms with Crippen molar-refractivity contribution in [3.63, 3.8) is 0 Å². The largest absolute Gasteiger partial charge is 0.352 e. The normalized spacial score (nSPS) is 35.4. The maximum Gasteiger partial charge on any atom is 0.230 e. The minimum absolute atomic E-state index is 0.0934. The smallest absolute Gasteiger partial charge is 0.230 e. The molecule has 2 rings (SSSR count). The van der Waals surface area contributed by atoms with E-state index in [0.29, 0.717) is 11.0 Å². The zero-order valence-corrected chi connectivity index (χ0v) is 12.3. The maximum atomic E-state index is 13.5. The number of hydrogen-bond acceptors (Lipinski definition) is 1. The van der Waals surface area contributed by atoms with Crippen LogP contribution in [-0.4, -0.2) is 11.9 Å². The van der Waals surface area contributed by atoms with Crippen molar-refractivity contribution in [2.75, 3.05) is 0 Å². The summed E-state index contributed by atoms with van der Waals surface area (Å²) >= 11 is 5.88. The van der Waals surface area contributed by atoms with Gasteiger partial charge in [0.05, 0.1) is 5.41 Å². The molecule has 1 N–H and O–H groups in total. The molecule has 1 fully saturated rings. The lowest BCUT2D eigenvalue weighted by atomic mass is 9.80. The van der Waals surface area contributed by atoms with Gasteiger partial charge in [-0.1, -0.05) is 37.4 Å². The second-order valence-corrected chi connectivity index (χ2v) is 6.49. The second kappa shape index (κ2) is 5.66. The standard InChI is InChI=1S/C15H21ClFNO/c1-10-5-3-4-6-13(10)18-14(19)15(2)8-11(16)7-12(17)9-15/h7-8,10,13H,3-6,9H2,1-2H3,(H,18,19). The number of carbonyl (C=O) groups is 1. The monoisotopic (exact) mass is 285 g/mol. The van der Waals surface area contributed by atoms with E-state index in [0.717, 1.165) is 19.3 Å². The van der Waals surface area contributed by atoms with Gasteiger partial charge in [0.15, 0.2) is 0 Å². The van der Waals surface area contributed by atoms with Gasteiger partial charge < -0.3 is 5.32 Å². The minimum Gasteiger partial charge on any atom is -0.352 e. The van der Waals surface area contributed by atoms with Gasteiger partial charge in [-0.25, -0.2) is 4.39 Å². The zero-order valence-electron chi connectivity index (χ0n) is 11.5. The highest BCUT2D eigenvalue weighted by Gasteiger charge is 2.37. The van der Waals surface area contributed by atoms with Crippen molar-refractivity contribution in [2.45, 2.75) is 52.0 Å². The Bertz CT molecular complexity index is 432. The molecule has 106 valence electrons. The summed E-state index contributed by atoms with van der Waals surface area (Å²) in [7, 11) is 0. The summed E-state index contributed by atoms with van der Waals surface area (Å²) in [4.78, 5) is 12.4. The Morgan fingerprint density at radius 3 is 2.79 bits per heavy atom. The minimum atomic E-state index is -0.868. The molecule has 0 radical (unpaired) electrons. The Kier molecular flexibility index (Phi) is 4.34. The van der Waals surface area contributed by atoms with Crippen molar-refractivity contribution in [1.29, 1.82) is 0 Å². The molecule has 0 spiro atoms. The van der Waals surface area contributed by atoms with Crippen LogP contribution in [0.4, 0.5) is 4.39 Å². The highest BCUT2D eigenvalue weighted by molar-refractivity contribution is 6.31. The average Bonchev–Trinajstić information content (AvgIpc) is 2.30. The molecular formula is C15H21ClFNO. The van der Waals surface area contributed by atoms with Gasteiger partial charge in [-0.3, -0.25) is 4.79 Å². The number of amides is 1. The Morgan fingerprint density at radius 2 is 2.16 bits per heavy atom. The molecule has 3 unspecified atom stereocenters. The van der Waals surface area contributed by atoms with Crippen LogP contribution in [0.2, 0.25) is 0 Å². The van der Waals surface area contributed by atoms with Gasteiger partial charge >= 0.3 is 0 Å². The van der Waals surface area contributed by atoms with Crippen molar-refractivity contribution < 1.29 is 9.18 Å². The van der Waals surface area contributed by atoms with Crippen molar-refractivity contribution in [3.05, 3.63) is 23.0 Å². The number of nitrogens with one attached hydrogen (secondary N) is 1. The topological polar surface area (TPSA) is 29.1 Å². The van der Waals surface area contributed by atoms with E-state index in [1.54, 1.807) is 13.0 Å². The molecule has 2 aliphatic carbocycles. The predicted molar refractivity (Wildman–Crippen MR) is 75.4 cm³/mol. The van der Waals surface area contributed by atoms with Crippen LogP contribution in [0.25, 0.3) is 0 Å². The molecule has 1 saturated carbocycles. The number of halogens is 2. The van der Waals surface area contributed by atoms with Crippen LogP contribution >= 0.6 is 11.6 Å². The lowest BCUT2D eigenvalue weighted by Gasteiger charge is -2.34.